The van der Waals surface area contributed by atoms with Gasteiger partial charge in [-0.25, -0.2) is 4.98 Å². The number of nitrogens with zero attached hydrogens (tertiary/aromatic N) is 4. The molecule has 8 nitrogen and oxygen atoms in total. The average Bonchev–Trinajstić information content (AvgIpc) is 3.48. The van der Waals surface area contributed by atoms with Crippen molar-refractivity contribution in [1.29, 1.82) is 0 Å². The van der Waals surface area contributed by atoms with E-state index < -0.39 is 11.4 Å². The van der Waals surface area contributed by atoms with Gasteiger partial charge in [-0.15, -0.1) is 11.3 Å². The highest BCUT2D eigenvalue weighted by molar-refractivity contribution is 7.14. The lowest BCUT2D eigenvalue weighted by molar-refractivity contribution is -0.144. The van der Waals surface area contributed by atoms with Gasteiger partial charge in [0.1, 0.15) is 0 Å². The summed E-state index contributed by atoms with van der Waals surface area (Å²) >= 11 is 1.35. The van der Waals surface area contributed by atoms with Crippen LogP contribution in [0.2, 0.25) is 0 Å². The molecular weight excluding hydrogens is 476 g/mol. The molecule has 5 rings (SSSR count). The summed E-state index contributed by atoms with van der Waals surface area (Å²) < 4.78 is 0. The van der Waals surface area contributed by atoms with E-state index in [1.165, 1.54) is 16.2 Å². The van der Waals surface area contributed by atoms with Crippen molar-refractivity contribution in [3.8, 4) is 11.3 Å². The van der Waals surface area contributed by atoms with Crippen molar-refractivity contribution in [2.45, 2.75) is 19.3 Å². The number of piperazine rings is 1. The molecule has 9 heteroatoms. The maximum atomic E-state index is 13.7. The summed E-state index contributed by atoms with van der Waals surface area (Å²) in [6.45, 7) is 1.90. The topological polar surface area (TPSA) is 94.1 Å². The predicted molar refractivity (Wildman–Crippen MR) is 139 cm³/mol. The highest BCUT2D eigenvalue weighted by Crippen LogP contribution is 2.42. The molecule has 2 aliphatic rings. The molecule has 3 aromatic rings. The number of aliphatic carboxylic acids is 1. The van der Waals surface area contributed by atoms with Gasteiger partial charge in [0.25, 0.3) is 0 Å². The number of carbonyl (C=O) groups excluding carboxylic acids is 2. The van der Waals surface area contributed by atoms with Gasteiger partial charge >= 0.3 is 5.97 Å². The number of aromatic nitrogens is 1. The van der Waals surface area contributed by atoms with Gasteiger partial charge in [0.2, 0.25) is 11.8 Å². The number of anilines is 2. The van der Waals surface area contributed by atoms with Crippen molar-refractivity contribution >= 4 is 39.9 Å². The Morgan fingerprint density at radius 3 is 2.36 bits per heavy atom. The Labute approximate surface area is 213 Å². The Morgan fingerprint density at radius 1 is 1.08 bits per heavy atom. The van der Waals surface area contributed by atoms with Crippen molar-refractivity contribution in [2.75, 3.05) is 43.5 Å². The first-order valence-corrected chi connectivity index (χ1v) is 12.8. The van der Waals surface area contributed by atoms with Crippen molar-refractivity contribution in [3.63, 3.8) is 0 Å². The maximum Gasteiger partial charge on any atom is 0.304 e. The van der Waals surface area contributed by atoms with Crippen LogP contribution in [0, 0.1) is 5.41 Å². The van der Waals surface area contributed by atoms with Crippen LogP contribution in [-0.4, -0.2) is 66.5 Å². The van der Waals surface area contributed by atoms with E-state index in [0.717, 1.165) is 34.6 Å². The Morgan fingerprint density at radius 2 is 1.75 bits per heavy atom. The summed E-state index contributed by atoms with van der Waals surface area (Å²) in [5, 5.41) is 12.0. The van der Waals surface area contributed by atoms with E-state index in [1.54, 1.807) is 11.9 Å². The molecule has 2 aromatic carbocycles. The highest BCUT2D eigenvalue weighted by Gasteiger charge is 2.47. The fourth-order valence-electron chi connectivity index (χ4n) is 5.20. The first-order valence-electron chi connectivity index (χ1n) is 11.9. The second-order valence-electron chi connectivity index (χ2n) is 9.68. The zero-order chi connectivity index (χ0) is 25.4. The number of likely N-dealkylation sites (N-methyl/N-ethyl adjacent to an activating group) is 1. The van der Waals surface area contributed by atoms with E-state index in [0.29, 0.717) is 31.1 Å². The number of amides is 2. The minimum absolute atomic E-state index is 0.0805. The van der Waals surface area contributed by atoms with Crippen LogP contribution in [-0.2, 0) is 27.2 Å². The van der Waals surface area contributed by atoms with Gasteiger partial charge in [-0.2, -0.15) is 0 Å². The molecule has 0 spiro atoms. The van der Waals surface area contributed by atoms with Crippen LogP contribution in [0.25, 0.3) is 11.3 Å². The smallest absolute Gasteiger partial charge is 0.304 e. The summed E-state index contributed by atoms with van der Waals surface area (Å²) in [6, 6.07) is 15.5. The lowest BCUT2D eigenvalue weighted by Gasteiger charge is -2.32. The number of carboxylic acid groups (broad SMARTS) is 1. The van der Waals surface area contributed by atoms with Crippen molar-refractivity contribution in [2.24, 2.45) is 5.41 Å². The number of fused-ring (bicyclic) bond motifs is 1. The number of benzene rings is 2. The van der Waals surface area contributed by atoms with Crippen LogP contribution in [0.4, 0.5) is 10.8 Å². The normalized spacial score (nSPS) is 17.2. The zero-order valence-electron chi connectivity index (χ0n) is 20.3. The fraction of sp³-hybridized carbons (Fsp3) is 0.333. The summed E-state index contributed by atoms with van der Waals surface area (Å²) in [5.41, 5.74) is 3.51. The molecule has 2 heterocycles. The lowest BCUT2D eigenvalue weighted by Crippen LogP contribution is -2.48. The summed E-state index contributed by atoms with van der Waals surface area (Å²) in [4.78, 5) is 47.8. The molecule has 0 saturated carbocycles. The first-order chi connectivity index (χ1) is 17.3. The van der Waals surface area contributed by atoms with E-state index in [1.807, 2.05) is 65.9 Å². The van der Waals surface area contributed by atoms with Crippen LogP contribution in [0.3, 0.4) is 0 Å². The molecule has 36 heavy (non-hydrogen) atoms. The standard InChI is InChI=1S/C27H28N4O4S/c1-29-11-12-31(23(32)16-29)21-9-7-18(8-10-21)22-17-36-26(28-22)30(2)25(35)27(15-24(33)34)13-19-5-3-4-6-20(19)14-27/h3-10,17H,11-16H2,1-2H3,(H,33,34). The Balaban J connectivity index is 1.34. The average molecular weight is 505 g/mol. The van der Waals surface area contributed by atoms with E-state index in [2.05, 4.69) is 4.98 Å². The molecular formula is C27H28N4O4S. The molecule has 0 radical (unpaired) electrons. The van der Waals surface area contributed by atoms with Crippen LogP contribution < -0.4 is 9.80 Å². The SMILES string of the molecule is CN1CCN(c2ccc(-c3csc(N(C)C(=O)C4(CC(=O)O)Cc5ccccc5C4)n3)cc2)C(=O)C1. The fourth-order valence-corrected chi connectivity index (χ4v) is 6.00. The van der Waals surface area contributed by atoms with E-state index >= 15 is 0 Å². The number of hydrogen-bond acceptors (Lipinski definition) is 6. The minimum Gasteiger partial charge on any atom is -0.481 e. The molecule has 1 aliphatic heterocycles. The Hall–Kier alpha value is -3.56. The van der Waals surface area contributed by atoms with Crippen LogP contribution in [0.15, 0.2) is 53.9 Å². The third-order valence-corrected chi connectivity index (χ3v) is 8.01. The number of thiazole rings is 1. The van der Waals surface area contributed by atoms with Crippen molar-refractivity contribution in [3.05, 3.63) is 65.0 Å². The Kier molecular flexibility index (Phi) is 6.36. The molecule has 1 aliphatic carbocycles. The van der Waals surface area contributed by atoms with Gasteiger partial charge in [-0.05, 0) is 43.1 Å². The van der Waals surface area contributed by atoms with Crippen LogP contribution >= 0.6 is 11.3 Å². The molecule has 1 N–H and O–H groups in total. The first kappa shape index (κ1) is 24.1. The molecule has 1 fully saturated rings. The van der Waals surface area contributed by atoms with E-state index in [9.17, 15) is 19.5 Å². The largest absolute Gasteiger partial charge is 0.481 e. The molecule has 2 amide bonds. The molecule has 0 atom stereocenters. The second-order valence-corrected chi connectivity index (χ2v) is 10.5. The molecule has 0 unspecified atom stereocenters. The molecule has 0 bridgehead atoms. The second kappa shape index (κ2) is 9.48. The van der Waals surface area contributed by atoms with E-state index in [-0.39, 0.29) is 18.2 Å². The number of carboxylic acids is 1. The van der Waals surface area contributed by atoms with Gasteiger partial charge in [0, 0.05) is 36.8 Å². The predicted octanol–water partition coefficient (Wildman–Crippen LogP) is 3.31. The van der Waals surface area contributed by atoms with Crippen LogP contribution in [0.5, 0.6) is 0 Å². The monoisotopic (exact) mass is 504 g/mol. The van der Waals surface area contributed by atoms with E-state index in [4.69, 9.17) is 0 Å². The Bertz CT molecular complexity index is 1290. The van der Waals surface area contributed by atoms with Gasteiger partial charge in [0.05, 0.1) is 24.1 Å². The third-order valence-electron chi connectivity index (χ3n) is 7.09. The number of hydrogen-bond donors (Lipinski definition) is 1. The summed E-state index contributed by atoms with van der Waals surface area (Å²) in [7, 11) is 3.61. The maximum absolute atomic E-state index is 13.7. The third kappa shape index (κ3) is 4.52. The molecule has 1 aromatic heterocycles. The number of rotatable bonds is 6. The quantitative estimate of drug-likeness (QED) is 0.554. The zero-order valence-corrected chi connectivity index (χ0v) is 21.1. The van der Waals surface area contributed by atoms with Gasteiger partial charge in [-0.1, -0.05) is 36.4 Å². The van der Waals surface area contributed by atoms with Gasteiger partial charge in [-0.3, -0.25) is 24.2 Å². The highest BCUT2D eigenvalue weighted by atomic mass is 32.1. The van der Waals surface area contributed by atoms with Crippen molar-refractivity contribution in [1.82, 2.24) is 9.88 Å². The summed E-state index contributed by atoms with van der Waals surface area (Å²) in [6.07, 6.45) is 0.586. The molecule has 1 saturated heterocycles. The van der Waals surface area contributed by atoms with Gasteiger partial charge < -0.3 is 10.0 Å². The van der Waals surface area contributed by atoms with Crippen LogP contribution in [0.1, 0.15) is 17.5 Å². The van der Waals surface area contributed by atoms with Crippen molar-refractivity contribution < 1.29 is 19.5 Å². The minimum atomic E-state index is -1.02. The number of carbonyl (C=O) groups is 3. The molecule has 186 valence electrons. The van der Waals surface area contributed by atoms with Gasteiger partial charge in [0.15, 0.2) is 5.13 Å². The lowest BCUT2D eigenvalue weighted by atomic mass is 9.80. The summed E-state index contributed by atoms with van der Waals surface area (Å²) in [5.74, 6) is -1.13.